The number of piperidine rings is 1. The SMILES string of the molecule is CCS(=O)(=O)N1CCC[C@@H](Cc2cc(Nc3ncc(C)s3)nc(C)n2)C1. The first-order valence-corrected chi connectivity index (χ1v) is 11.3. The van der Waals surface area contributed by atoms with Gasteiger partial charge in [-0.1, -0.05) is 0 Å². The second-order valence-corrected chi connectivity index (χ2v) is 10.2. The van der Waals surface area contributed by atoms with Gasteiger partial charge in [-0.05, 0) is 46.0 Å². The molecule has 0 amide bonds. The predicted octanol–water partition coefficient (Wildman–Crippen LogP) is 2.90. The molecule has 0 spiro atoms. The Labute approximate surface area is 159 Å². The summed E-state index contributed by atoms with van der Waals surface area (Å²) in [6.45, 7) is 6.79. The van der Waals surface area contributed by atoms with Crippen LogP contribution >= 0.6 is 11.3 Å². The molecule has 26 heavy (non-hydrogen) atoms. The summed E-state index contributed by atoms with van der Waals surface area (Å²) in [6.07, 6.45) is 4.50. The molecule has 1 fully saturated rings. The van der Waals surface area contributed by atoms with Crippen molar-refractivity contribution in [2.24, 2.45) is 5.92 Å². The summed E-state index contributed by atoms with van der Waals surface area (Å²) < 4.78 is 25.9. The van der Waals surface area contributed by atoms with Gasteiger partial charge < -0.3 is 5.32 Å². The van der Waals surface area contributed by atoms with Crippen LogP contribution in [0.4, 0.5) is 10.9 Å². The Morgan fingerprint density at radius 3 is 2.85 bits per heavy atom. The number of nitrogens with one attached hydrogen (secondary N) is 1. The van der Waals surface area contributed by atoms with Crippen LogP contribution < -0.4 is 5.32 Å². The zero-order valence-corrected chi connectivity index (χ0v) is 17.0. The van der Waals surface area contributed by atoms with E-state index in [2.05, 4.69) is 20.3 Å². The van der Waals surface area contributed by atoms with E-state index in [-0.39, 0.29) is 11.7 Å². The molecule has 7 nitrogen and oxygen atoms in total. The van der Waals surface area contributed by atoms with E-state index in [1.807, 2.05) is 26.1 Å². The Hall–Kier alpha value is -1.58. The maximum absolute atomic E-state index is 12.2. The monoisotopic (exact) mass is 395 g/mol. The Balaban J connectivity index is 1.71. The molecule has 0 unspecified atom stereocenters. The molecule has 0 radical (unpaired) electrons. The van der Waals surface area contributed by atoms with E-state index in [1.165, 1.54) is 0 Å². The number of nitrogens with zero attached hydrogens (tertiary/aromatic N) is 4. The molecule has 1 aliphatic rings. The average Bonchev–Trinajstić information content (AvgIpc) is 2.99. The normalized spacial score (nSPS) is 18.8. The standard InChI is InChI=1S/C17H25N5O2S2/c1-4-26(23,24)22-7-5-6-14(11-22)8-15-9-16(20-13(3)19-15)21-17-18-10-12(2)25-17/h9-10,14H,4-8,11H2,1-3H3,(H,18,19,20,21)/t14-/m0/s1. The molecular formula is C17H25N5O2S2. The lowest BCUT2D eigenvalue weighted by Gasteiger charge is -2.31. The average molecular weight is 396 g/mol. The molecule has 2 aromatic heterocycles. The first-order chi connectivity index (χ1) is 12.4. The van der Waals surface area contributed by atoms with Crippen molar-refractivity contribution in [3.8, 4) is 0 Å². The van der Waals surface area contributed by atoms with E-state index < -0.39 is 10.0 Å². The maximum atomic E-state index is 12.2. The van der Waals surface area contributed by atoms with Crippen molar-refractivity contribution in [1.82, 2.24) is 19.3 Å². The number of aryl methyl sites for hydroxylation is 2. The zero-order chi connectivity index (χ0) is 18.7. The molecule has 0 aromatic carbocycles. The van der Waals surface area contributed by atoms with Crippen molar-refractivity contribution >= 4 is 32.3 Å². The van der Waals surface area contributed by atoms with Crippen molar-refractivity contribution in [1.29, 1.82) is 0 Å². The molecule has 2 aromatic rings. The molecule has 0 bridgehead atoms. The van der Waals surface area contributed by atoms with Gasteiger partial charge in [0.1, 0.15) is 11.6 Å². The summed E-state index contributed by atoms with van der Waals surface area (Å²) >= 11 is 1.58. The Morgan fingerprint density at radius 2 is 2.15 bits per heavy atom. The topological polar surface area (TPSA) is 88.1 Å². The Bertz CT molecular complexity index is 866. The molecule has 9 heteroatoms. The van der Waals surface area contributed by atoms with Gasteiger partial charge in [-0.25, -0.2) is 27.7 Å². The van der Waals surface area contributed by atoms with Crippen LogP contribution in [0, 0.1) is 19.8 Å². The highest BCUT2D eigenvalue weighted by atomic mass is 32.2. The summed E-state index contributed by atoms with van der Waals surface area (Å²) in [5, 5.41) is 4.05. The van der Waals surface area contributed by atoms with Gasteiger partial charge in [0.05, 0.1) is 5.75 Å². The molecule has 1 N–H and O–H groups in total. The van der Waals surface area contributed by atoms with Crippen LogP contribution in [0.15, 0.2) is 12.3 Å². The van der Waals surface area contributed by atoms with Gasteiger partial charge in [-0.3, -0.25) is 0 Å². The van der Waals surface area contributed by atoms with Gasteiger partial charge >= 0.3 is 0 Å². The fraction of sp³-hybridized carbons (Fsp3) is 0.588. The summed E-state index contributed by atoms with van der Waals surface area (Å²) in [5.74, 6) is 1.88. The minimum Gasteiger partial charge on any atom is -0.316 e. The van der Waals surface area contributed by atoms with Gasteiger partial charge in [0.15, 0.2) is 5.13 Å². The quantitative estimate of drug-likeness (QED) is 0.809. The lowest BCUT2D eigenvalue weighted by molar-refractivity contribution is 0.264. The van der Waals surface area contributed by atoms with Crippen molar-refractivity contribution in [2.75, 3.05) is 24.2 Å². The van der Waals surface area contributed by atoms with Crippen molar-refractivity contribution in [3.05, 3.63) is 28.7 Å². The number of sulfonamides is 1. The minimum absolute atomic E-state index is 0.160. The van der Waals surface area contributed by atoms with Gasteiger partial charge in [0, 0.05) is 35.9 Å². The number of hydrogen-bond acceptors (Lipinski definition) is 7. The molecule has 0 aliphatic carbocycles. The highest BCUT2D eigenvalue weighted by Crippen LogP contribution is 2.25. The highest BCUT2D eigenvalue weighted by Gasteiger charge is 2.28. The van der Waals surface area contributed by atoms with Crippen LogP contribution in [0.2, 0.25) is 0 Å². The molecule has 3 heterocycles. The number of anilines is 2. The number of rotatable bonds is 6. The zero-order valence-electron chi connectivity index (χ0n) is 15.4. The molecular weight excluding hydrogens is 370 g/mol. The lowest BCUT2D eigenvalue weighted by Crippen LogP contribution is -2.41. The van der Waals surface area contributed by atoms with E-state index in [1.54, 1.807) is 22.6 Å². The van der Waals surface area contributed by atoms with E-state index in [0.717, 1.165) is 40.8 Å². The smallest absolute Gasteiger partial charge is 0.213 e. The number of hydrogen-bond donors (Lipinski definition) is 1. The van der Waals surface area contributed by atoms with Gasteiger partial charge in [-0.2, -0.15) is 0 Å². The molecule has 1 atom stereocenters. The second kappa shape index (κ2) is 7.98. The van der Waals surface area contributed by atoms with Crippen molar-refractivity contribution in [2.45, 2.75) is 40.0 Å². The summed E-state index contributed by atoms with van der Waals surface area (Å²) in [5.41, 5.74) is 0.939. The van der Waals surface area contributed by atoms with E-state index in [9.17, 15) is 8.42 Å². The largest absolute Gasteiger partial charge is 0.316 e. The lowest BCUT2D eigenvalue weighted by atomic mass is 9.94. The van der Waals surface area contributed by atoms with Gasteiger partial charge in [0.25, 0.3) is 0 Å². The van der Waals surface area contributed by atoms with E-state index in [4.69, 9.17) is 0 Å². The molecule has 1 saturated heterocycles. The van der Waals surface area contributed by atoms with E-state index in [0.29, 0.717) is 18.9 Å². The van der Waals surface area contributed by atoms with E-state index >= 15 is 0 Å². The first-order valence-electron chi connectivity index (χ1n) is 8.87. The van der Waals surface area contributed by atoms with Crippen LogP contribution in [0.5, 0.6) is 0 Å². The Morgan fingerprint density at radius 1 is 1.35 bits per heavy atom. The minimum atomic E-state index is -3.12. The summed E-state index contributed by atoms with van der Waals surface area (Å²) in [4.78, 5) is 14.4. The van der Waals surface area contributed by atoms with Crippen molar-refractivity contribution in [3.63, 3.8) is 0 Å². The van der Waals surface area contributed by atoms with Crippen LogP contribution in [0.25, 0.3) is 0 Å². The molecule has 0 saturated carbocycles. The second-order valence-electron chi connectivity index (χ2n) is 6.66. The third kappa shape index (κ3) is 4.77. The first kappa shape index (κ1) is 19.2. The molecule has 3 rings (SSSR count). The summed E-state index contributed by atoms with van der Waals surface area (Å²) in [7, 11) is -3.12. The van der Waals surface area contributed by atoms with Crippen LogP contribution in [-0.2, 0) is 16.4 Å². The third-order valence-corrected chi connectivity index (χ3v) is 7.16. The number of thiazole rings is 1. The molecule has 142 valence electrons. The Kier molecular flexibility index (Phi) is 5.89. The third-order valence-electron chi connectivity index (χ3n) is 4.48. The maximum Gasteiger partial charge on any atom is 0.213 e. The molecule has 1 aliphatic heterocycles. The van der Waals surface area contributed by atoms with Gasteiger partial charge in [-0.15, -0.1) is 11.3 Å². The van der Waals surface area contributed by atoms with Crippen LogP contribution in [0.3, 0.4) is 0 Å². The van der Waals surface area contributed by atoms with Crippen molar-refractivity contribution < 1.29 is 8.42 Å². The summed E-state index contributed by atoms with van der Waals surface area (Å²) in [6, 6.07) is 1.94. The fourth-order valence-electron chi connectivity index (χ4n) is 3.24. The predicted molar refractivity (Wildman–Crippen MR) is 104 cm³/mol. The van der Waals surface area contributed by atoms with Crippen LogP contribution in [-0.4, -0.2) is 46.5 Å². The fourth-order valence-corrected chi connectivity index (χ4v) is 5.13. The van der Waals surface area contributed by atoms with Gasteiger partial charge in [0.2, 0.25) is 10.0 Å². The van der Waals surface area contributed by atoms with Crippen LogP contribution in [0.1, 0.15) is 36.2 Å². The number of aromatic nitrogens is 3. The highest BCUT2D eigenvalue weighted by molar-refractivity contribution is 7.89.